The fourth-order valence-electron chi connectivity index (χ4n) is 2.99. The zero-order valence-electron chi connectivity index (χ0n) is 15.8. The fourth-order valence-corrected chi connectivity index (χ4v) is 3.33. The van der Waals surface area contributed by atoms with Crippen molar-refractivity contribution in [2.45, 2.75) is 20.5 Å². The molecule has 0 fully saturated rings. The number of halogens is 2. The van der Waals surface area contributed by atoms with Gasteiger partial charge in [-0.05, 0) is 45.3 Å². The summed E-state index contributed by atoms with van der Waals surface area (Å²) >= 11 is 3.24. The zero-order valence-corrected chi connectivity index (χ0v) is 17.4. The number of rotatable bonds is 3. The minimum Gasteiger partial charge on any atom is -0.392 e. The number of fused-ring (bicyclic) bond motifs is 1. The van der Waals surface area contributed by atoms with E-state index in [0.717, 1.165) is 38.9 Å². The molecule has 0 saturated heterocycles. The molecule has 28 heavy (non-hydrogen) atoms. The van der Waals surface area contributed by atoms with Crippen molar-refractivity contribution in [2.75, 3.05) is 0 Å². The minimum absolute atomic E-state index is 0.00317. The molecule has 0 aliphatic heterocycles. The standard InChI is InChI=1S/C22H15BrFNO.C2H6/c23-19-12-21-17(11-20(19)24)10-18(15-4-2-1-3-5-15)22(25-21)16-8-6-14(13-26)7-9-16;1-2/h1-12,26H,13H2;1-2H3. The number of pyridine rings is 1. The Labute approximate surface area is 172 Å². The van der Waals surface area contributed by atoms with Gasteiger partial charge in [0.2, 0.25) is 0 Å². The fraction of sp³-hybridized carbons (Fsp3) is 0.125. The van der Waals surface area contributed by atoms with Gasteiger partial charge in [-0.3, -0.25) is 0 Å². The van der Waals surface area contributed by atoms with Gasteiger partial charge in [0.05, 0.1) is 22.3 Å². The summed E-state index contributed by atoms with van der Waals surface area (Å²) in [7, 11) is 0. The molecule has 142 valence electrons. The summed E-state index contributed by atoms with van der Waals surface area (Å²) in [6.07, 6.45) is 0. The highest BCUT2D eigenvalue weighted by Crippen LogP contribution is 2.34. The van der Waals surface area contributed by atoms with Gasteiger partial charge >= 0.3 is 0 Å². The van der Waals surface area contributed by atoms with Crippen LogP contribution in [0.3, 0.4) is 0 Å². The summed E-state index contributed by atoms with van der Waals surface area (Å²) in [5.74, 6) is -0.307. The van der Waals surface area contributed by atoms with E-state index in [1.54, 1.807) is 6.07 Å². The molecule has 1 aromatic heterocycles. The molecule has 0 aliphatic carbocycles. The second-order valence-corrected chi connectivity index (χ2v) is 6.92. The van der Waals surface area contributed by atoms with Gasteiger partial charge in [-0.2, -0.15) is 0 Å². The average Bonchev–Trinajstić information content (AvgIpc) is 2.76. The molecule has 4 heteroatoms. The van der Waals surface area contributed by atoms with Gasteiger partial charge in [-0.25, -0.2) is 9.37 Å². The molecule has 1 heterocycles. The maximum absolute atomic E-state index is 14.0. The van der Waals surface area contributed by atoms with Crippen LogP contribution in [0.15, 0.2) is 77.3 Å². The molecule has 0 spiro atoms. The molecular formula is C24H21BrFNO. The third kappa shape index (κ3) is 4.13. The lowest BCUT2D eigenvalue weighted by Gasteiger charge is -2.12. The van der Waals surface area contributed by atoms with Crippen LogP contribution in [0.1, 0.15) is 19.4 Å². The van der Waals surface area contributed by atoms with Crippen molar-refractivity contribution in [3.05, 3.63) is 88.6 Å². The first-order chi connectivity index (χ1) is 13.7. The Morgan fingerprint density at radius 3 is 2.21 bits per heavy atom. The molecule has 2 nitrogen and oxygen atoms in total. The highest BCUT2D eigenvalue weighted by Gasteiger charge is 2.13. The van der Waals surface area contributed by atoms with Crippen molar-refractivity contribution >= 4 is 26.8 Å². The van der Waals surface area contributed by atoms with E-state index >= 15 is 0 Å². The molecule has 0 aliphatic rings. The third-order valence-electron chi connectivity index (χ3n) is 4.35. The number of hydrogen-bond donors (Lipinski definition) is 1. The quantitative estimate of drug-likeness (QED) is 0.374. The second kappa shape index (κ2) is 9.09. The van der Waals surface area contributed by atoms with Crippen LogP contribution in [-0.4, -0.2) is 10.1 Å². The van der Waals surface area contributed by atoms with E-state index in [4.69, 9.17) is 4.98 Å². The normalized spacial score (nSPS) is 10.5. The minimum atomic E-state index is -0.307. The van der Waals surface area contributed by atoms with Crippen LogP contribution in [0.4, 0.5) is 4.39 Å². The summed E-state index contributed by atoms with van der Waals surface area (Å²) < 4.78 is 14.4. The second-order valence-electron chi connectivity index (χ2n) is 6.06. The Balaban J connectivity index is 0.00000109. The molecule has 1 N–H and O–H groups in total. The molecule has 4 aromatic rings. The molecular weight excluding hydrogens is 417 g/mol. The van der Waals surface area contributed by atoms with E-state index in [0.29, 0.717) is 4.47 Å². The van der Waals surface area contributed by atoms with Crippen LogP contribution >= 0.6 is 15.9 Å². The molecule has 0 saturated carbocycles. The Morgan fingerprint density at radius 2 is 1.57 bits per heavy atom. The lowest BCUT2D eigenvalue weighted by Crippen LogP contribution is -1.93. The smallest absolute Gasteiger partial charge is 0.138 e. The zero-order chi connectivity index (χ0) is 20.1. The topological polar surface area (TPSA) is 33.1 Å². The van der Waals surface area contributed by atoms with E-state index in [1.807, 2.05) is 74.5 Å². The van der Waals surface area contributed by atoms with Gasteiger partial charge in [0.15, 0.2) is 0 Å². The van der Waals surface area contributed by atoms with Gasteiger partial charge in [0.25, 0.3) is 0 Å². The molecule has 0 amide bonds. The van der Waals surface area contributed by atoms with Crippen molar-refractivity contribution in [3.63, 3.8) is 0 Å². The predicted octanol–water partition coefficient (Wildman–Crippen LogP) is 6.99. The first-order valence-corrected chi connectivity index (χ1v) is 10.0. The number of hydrogen-bond acceptors (Lipinski definition) is 2. The Kier molecular flexibility index (Phi) is 6.55. The monoisotopic (exact) mass is 437 g/mol. The summed E-state index contributed by atoms with van der Waals surface area (Å²) in [5.41, 5.74) is 5.30. The molecule has 3 aromatic carbocycles. The number of benzene rings is 3. The predicted molar refractivity (Wildman–Crippen MR) is 118 cm³/mol. The van der Waals surface area contributed by atoms with Crippen molar-refractivity contribution < 1.29 is 9.50 Å². The summed E-state index contributed by atoms with van der Waals surface area (Å²) in [5, 5.41) is 10.0. The first kappa shape index (κ1) is 20.2. The van der Waals surface area contributed by atoms with Crippen LogP contribution in [0.25, 0.3) is 33.3 Å². The average molecular weight is 438 g/mol. The highest BCUT2D eigenvalue weighted by atomic mass is 79.9. The van der Waals surface area contributed by atoms with Crippen LogP contribution in [0.5, 0.6) is 0 Å². The number of nitrogens with zero attached hydrogens (tertiary/aromatic N) is 1. The van der Waals surface area contributed by atoms with E-state index < -0.39 is 0 Å². The van der Waals surface area contributed by atoms with Gasteiger partial charge < -0.3 is 5.11 Å². The lowest BCUT2D eigenvalue weighted by atomic mass is 9.97. The van der Waals surface area contributed by atoms with Gasteiger partial charge in [-0.15, -0.1) is 0 Å². The molecule has 4 rings (SSSR count). The van der Waals surface area contributed by atoms with Crippen molar-refractivity contribution in [1.29, 1.82) is 0 Å². The molecule has 0 atom stereocenters. The van der Waals surface area contributed by atoms with Crippen LogP contribution in [0, 0.1) is 5.82 Å². The van der Waals surface area contributed by atoms with E-state index in [2.05, 4.69) is 15.9 Å². The van der Waals surface area contributed by atoms with Gasteiger partial charge in [-0.1, -0.05) is 68.4 Å². The third-order valence-corrected chi connectivity index (χ3v) is 4.96. The first-order valence-electron chi connectivity index (χ1n) is 9.21. The SMILES string of the molecule is CC.OCc1ccc(-c2nc3cc(Br)c(F)cc3cc2-c2ccccc2)cc1. The molecule has 0 bridgehead atoms. The van der Waals surface area contributed by atoms with Gasteiger partial charge in [0, 0.05) is 16.5 Å². The largest absolute Gasteiger partial charge is 0.392 e. The number of aromatic nitrogens is 1. The number of aliphatic hydroxyl groups excluding tert-OH is 1. The van der Waals surface area contributed by atoms with E-state index in [-0.39, 0.29) is 12.4 Å². The van der Waals surface area contributed by atoms with Crippen LogP contribution < -0.4 is 0 Å². The van der Waals surface area contributed by atoms with Crippen LogP contribution in [-0.2, 0) is 6.61 Å². The van der Waals surface area contributed by atoms with Crippen molar-refractivity contribution in [3.8, 4) is 22.4 Å². The lowest BCUT2D eigenvalue weighted by molar-refractivity contribution is 0.282. The summed E-state index contributed by atoms with van der Waals surface area (Å²) in [6.45, 7) is 4.00. The number of aliphatic hydroxyl groups is 1. The highest BCUT2D eigenvalue weighted by molar-refractivity contribution is 9.10. The molecule has 0 radical (unpaired) electrons. The van der Waals surface area contributed by atoms with Gasteiger partial charge in [0.1, 0.15) is 5.82 Å². The van der Waals surface area contributed by atoms with E-state index in [1.165, 1.54) is 6.07 Å². The maximum Gasteiger partial charge on any atom is 0.138 e. The Bertz CT molecular complexity index is 1080. The Hall–Kier alpha value is -2.56. The Morgan fingerprint density at radius 1 is 0.893 bits per heavy atom. The van der Waals surface area contributed by atoms with Crippen molar-refractivity contribution in [2.24, 2.45) is 0 Å². The van der Waals surface area contributed by atoms with Crippen LogP contribution in [0.2, 0.25) is 0 Å². The summed E-state index contributed by atoms with van der Waals surface area (Å²) in [6, 6.07) is 22.8. The van der Waals surface area contributed by atoms with Crippen molar-refractivity contribution in [1.82, 2.24) is 4.98 Å². The maximum atomic E-state index is 14.0. The van der Waals surface area contributed by atoms with E-state index in [9.17, 15) is 9.50 Å². The summed E-state index contributed by atoms with van der Waals surface area (Å²) in [4.78, 5) is 4.82. The molecule has 0 unspecified atom stereocenters.